The Morgan fingerprint density at radius 2 is 1.87 bits per heavy atom. The smallest absolute Gasteiger partial charge is 0.162 e. The molecule has 1 aliphatic heterocycles. The van der Waals surface area contributed by atoms with Gasteiger partial charge in [0, 0.05) is 17.7 Å². The van der Waals surface area contributed by atoms with Crippen molar-refractivity contribution < 1.29 is 4.79 Å². The summed E-state index contributed by atoms with van der Waals surface area (Å²) >= 11 is 0. The highest BCUT2D eigenvalue weighted by atomic mass is 16.1. The van der Waals surface area contributed by atoms with Crippen LogP contribution in [0.4, 0.5) is 0 Å². The van der Waals surface area contributed by atoms with Crippen LogP contribution in [-0.2, 0) is 4.79 Å². The third-order valence-electron chi connectivity index (χ3n) is 2.85. The third-order valence-corrected chi connectivity index (χ3v) is 2.85. The minimum atomic E-state index is 0.0103. The molecule has 2 atom stereocenters. The zero-order chi connectivity index (χ0) is 10.8. The van der Waals surface area contributed by atoms with Crippen LogP contribution in [0, 0.1) is 5.92 Å². The normalized spacial score (nSPS) is 25.7. The lowest BCUT2D eigenvalue weighted by atomic mass is 9.88. The number of carbonyl (C=O) groups excluding carboxylic acids is 1. The van der Waals surface area contributed by atoms with Gasteiger partial charge < -0.3 is 5.32 Å². The summed E-state index contributed by atoms with van der Waals surface area (Å²) in [5.41, 5.74) is 2.12. The number of benzene rings is 1. The fourth-order valence-electron chi connectivity index (χ4n) is 1.95. The van der Waals surface area contributed by atoms with Gasteiger partial charge in [-0.2, -0.15) is 0 Å². The van der Waals surface area contributed by atoms with E-state index in [1.165, 1.54) is 5.56 Å². The molecule has 1 heterocycles. The maximum absolute atomic E-state index is 11.7. The average Bonchev–Trinajstić information content (AvgIpc) is 2.24. The second kappa shape index (κ2) is 3.89. The maximum Gasteiger partial charge on any atom is 0.162 e. The highest BCUT2D eigenvalue weighted by Gasteiger charge is 2.27. The van der Waals surface area contributed by atoms with Gasteiger partial charge in [0.15, 0.2) is 5.78 Å². The van der Waals surface area contributed by atoms with Crippen molar-refractivity contribution in [2.75, 3.05) is 0 Å². The molecule has 15 heavy (non-hydrogen) atoms. The largest absolute Gasteiger partial charge is 0.381 e. The summed E-state index contributed by atoms with van der Waals surface area (Å²) in [6, 6.07) is 10.2. The van der Waals surface area contributed by atoms with Crippen LogP contribution in [0.25, 0.3) is 0 Å². The zero-order valence-electron chi connectivity index (χ0n) is 9.03. The highest BCUT2D eigenvalue weighted by molar-refractivity contribution is 5.93. The van der Waals surface area contributed by atoms with Crippen LogP contribution in [-0.4, -0.2) is 5.78 Å². The van der Waals surface area contributed by atoms with Gasteiger partial charge in [0.2, 0.25) is 0 Å². The lowest BCUT2D eigenvalue weighted by molar-refractivity contribution is -0.119. The van der Waals surface area contributed by atoms with E-state index < -0.39 is 0 Å². The standard InChI is InChI=1S/C13H15NO/c1-9-8-12(15)10(2)13(14-9)11-6-4-3-5-7-11/h3-8,10,13-14H,1-2H3. The van der Waals surface area contributed by atoms with E-state index in [1.807, 2.05) is 32.0 Å². The van der Waals surface area contributed by atoms with Gasteiger partial charge in [-0.05, 0) is 12.5 Å². The van der Waals surface area contributed by atoms with E-state index in [-0.39, 0.29) is 17.7 Å². The van der Waals surface area contributed by atoms with Crippen molar-refractivity contribution in [3.05, 3.63) is 47.7 Å². The number of ketones is 1. The molecule has 0 saturated carbocycles. The molecule has 1 aromatic rings. The van der Waals surface area contributed by atoms with Crippen LogP contribution in [0.5, 0.6) is 0 Å². The van der Waals surface area contributed by atoms with E-state index in [1.54, 1.807) is 6.08 Å². The molecule has 1 aromatic carbocycles. The molecule has 2 rings (SSSR count). The maximum atomic E-state index is 11.7. The molecule has 0 amide bonds. The van der Waals surface area contributed by atoms with Gasteiger partial charge in [0.1, 0.15) is 0 Å². The second-order valence-corrected chi connectivity index (χ2v) is 4.05. The predicted molar refractivity (Wildman–Crippen MR) is 60.2 cm³/mol. The van der Waals surface area contributed by atoms with Crippen LogP contribution in [0.3, 0.4) is 0 Å². The third kappa shape index (κ3) is 1.94. The van der Waals surface area contributed by atoms with Crippen LogP contribution in [0.1, 0.15) is 25.5 Å². The SMILES string of the molecule is CC1=CC(=O)C(C)C(c2ccccc2)N1. The number of allylic oxidation sites excluding steroid dienone is 2. The van der Waals surface area contributed by atoms with Gasteiger partial charge in [-0.25, -0.2) is 0 Å². The molecular weight excluding hydrogens is 186 g/mol. The Labute approximate surface area is 90.0 Å². The molecule has 0 aromatic heterocycles. The summed E-state index contributed by atoms with van der Waals surface area (Å²) in [5, 5.41) is 3.35. The molecule has 2 heteroatoms. The number of rotatable bonds is 1. The number of carbonyl (C=O) groups is 1. The fraction of sp³-hybridized carbons (Fsp3) is 0.308. The van der Waals surface area contributed by atoms with E-state index >= 15 is 0 Å². The summed E-state index contributed by atoms with van der Waals surface area (Å²) in [6.45, 7) is 3.90. The first-order chi connectivity index (χ1) is 7.18. The summed E-state index contributed by atoms with van der Waals surface area (Å²) in [6.07, 6.45) is 1.68. The van der Waals surface area contributed by atoms with E-state index in [9.17, 15) is 4.79 Å². The van der Waals surface area contributed by atoms with E-state index in [0.29, 0.717) is 0 Å². The van der Waals surface area contributed by atoms with E-state index in [2.05, 4.69) is 17.4 Å². The lowest BCUT2D eigenvalue weighted by Crippen LogP contribution is -2.34. The zero-order valence-corrected chi connectivity index (χ0v) is 9.03. The number of hydrogen-bond acceptors (Lipinski definition) is 2. The van der Waals surface area contributed by atoms with Crippen LogP contribution in [0.2, 0.25) is 0 Å². The van der Waals surface area contributed by atoms with Crippen LogP contribution >= 0.6 is 0 Å². The predicted octanol–water partition coefficient (Wildman–Crippen LogP) is 2.44. The monoisotopic (exact) mass is 201 g/mol. The van der Waals surface area contributed by atoms with Crippen molar-refractivity contribution >= 4 is 5.78 Å². The molecule has 1 N–H and O–H groups in total. The number of nitrogens with one attached hydrogen (secondary N) is 1. The molecule has 0 bridgehead atoms. The first-order valence-electron chi connectivity index (χ1n) is 5.22. The Morgan fingerprint density at radius 1 is 1.20 bits per heavy atom. The molecule has 0 aliphatic carbocycles. The Morgan fingerprint density at radius 3 is 2.53 bits per heavy atom. The molecule has 78 valence electrons. The molecule has 2 nitrogen and oxygen atoms in total. The summed E-state index contributed by atoms with van der Waals surface area (Å²) < 4.78 is 0. The minimum Gasteiger partial charge on any atom is -0.381 e. The van der Waals surface area contributed by atoms with Gasteiger partial charge in [-0.3, -0.25) is 4.79 Å². The van der Waals surface area contributed by atoms with Crippen molar-refractivity contribution in [2.45, 2.75) is 19.9 Å². The Hall–Kier alpha value is -1.57. The fourth-order valence-corrected chi connectivity index (χ4v) is 1.95. The number of hydrogen-bond donors (Lipinski definition) is 1. The molecule has 0 spiro atoms. The van der Waals surface area contributed by atoms with E-state index in [0.717, 1.165) is 5.70 Å². The Balaban J connectivity index is 2.31. The Kier molecular flexibility index (Phi) is 2.58. The van der Waals surface area contributed by atoms with Crippen molar-refractivity contribution in [3.63, 3.8) is 0 Å². The molecule has 0 radical (unpaired) electrons. The summed E-state index contributed by atoms with van der Waals surface area (Å²) in [4.78, 5) is 11.7. The van der Waals surface area contributed by atoms with Gasteiger partial charge in [-0.1, -0.05) is 37.3 Å². The van der Waals surface area contributed by atoms with Crippen molar-refractivity contribution in [1.82, 2.24) is 5.32 Å². The minimum absolute atomic E-state index is 0.0103. The average molecular weight is 201 g/mol. The highest BCUT2D eigenvalue weighted by Crippen LogP contribution is 2.27. The molecule has 1 aliphatic rings. The van der Waals surface area contributed by atoms with E-state index in [4.69, 9.17) is 0 Å². The second-order valence-electron chi connectivity index (χ2n) is 4.05. The summed E-state index contributed by atoms with van der Waals surface area (Å²) in [5.74, 6) is 0.219. The molecule has 2 unspecified atom stereocenters. The van der Waals surface area contributed by atoms with Gasteiger partial charge in [-0.15, -0.1) is 0 Å². The first kappa shape index (κ1) is 9.97. The molecular formula is C13H15NO. The lowest BCUT2D eigenvalue weighted by Gasteiger charge is -2.29. The molecule has 0 saturated heterocycles. The molecule has 0 fully saturated rings. The summed E-state index contributed by atoms with van der Waals surface area (Å²) in [7, 11) is 0. The van der Waals surface area contributed by atoms with Gasteiger partial charge in [0.25, 0.3) is 0 Å². The van der Waals surface area contributed by atoms with Gasteiger partial charge in [0.05, 0.1) is 6.04 Å². The van der Waals surface area contributed by atoms with Crippen molar-refractivity contribution in [3.8, 4) is 0 Å². The quantitative estimate of drug-likeness (QED) is 0.756. The van der Waals surface area contributed by atoms with Crippen LogP contribution in [0.15, 0.2) is 42.1 Å². The van der Waals surface area contributed by atoms with Gasteiger partial charge >= 0.3 is 0 Å². The first-order valence-corrected chi connectivity index (χ1v) is 5.22. The van der Waals surface area contributed by atoms with Crippen molar-refractivity contribution in [2.24, 2.45) is 5.92 Å². The van der Waals surface area contributed by atoms with Crippen molar-refractivity contribution in [1.29, 1.82) is 0 Å². The van der Waals surface area contributed by atoms with Crippen LogP contribution < -0.4 is 5.32 Å². The topological polar surface area (TPSA) is 29.1 Å². The Bertz CT molecular complexity index is 394.